The first-order valence-electron chi connectivity index (χ1n) is 15.7. The monoisotopic (exact) mass is 623 g/mol. The molecule has 0 saturated carbocycles. The maximum Gasteiger partial charge on any atom is 0.337 e. The van der Waals surface area contributed by atoms with E-state index in [4.69, 9.17) is 9.72 Å². The smallest absolute Gasteiger partial charge is 0.337 e. The number of pyridine rings is 1. The molecule has 242 valence electrons. The number of hydrogen-bond donors (Lipinski definition) is 1. The average Bonchev–Trinajstić information content (AvgIpc) is 2.94. The van der Waals surface area contributed by atoms with Crippen LogP contribution in [0.5, 0.6) is 0 Å². The molecule has 5 rings (SSSR count). The summed E-state index contributed by atoms with van der Waals surface area (Å²) < 4.78 is 47.3. The van der Waals surface area contributed by atoms with Gasteiger partial charge < -0.3 is 14.7 Å². The zero-order chi connectivity index (χ0) is 32.8. The maximum atomic E-state index is 13.8. The van der Waals surface area contributed by atoms with Gasteiger partial charge in [-0.1, -0.05) is 32.0 Å². The number of aromatic nitrogens is 1. The van der Waals surface area contributed by atoms with Gasteiger partial charge in [0, 0.05) is 55.2 Å². The highest BCUT2D eigenvalue weighted by molar-refractivity contribution is 5.88. The summed E-state index contributed by atoms with van der Waals surface area (Å²) in [4.78, 5) is 22.1. The number of aliphatic carboxylic acids is 1. The van der Waals surface area contributed by atoms with E-state index in [9.17, 15) is 23.1 Å². The second-order valence-electron chi connectivity index (χ2n) is 14.3. The van der Waals surface area contributed by atoms with Crippen molar-refractivity contribution in [3.05, 3.63) is 81.4 Å². The third-order valence-corrected chi connectivity index (χ3v) is 9.01. The van der Waals surface area contributed by atoms with Crippen molar-refractivity contribution in [2.75, 3.05) is 24.5 Å². The number of aryl methyl sites for hydroxylation is 2. The van der Waals surface area contributed by atoms with Crippen LogP contribution in [-0.2, 0) is 29.0 Å². The van der Waals surface area contributed by atoms with E-state index in [1.165, 1.54) is 0 Å². The van der Waals surface area contributed by atoms with Gasteiger partial charge in [-0.3, -0.25) is 9.88 Å². The zero-order valence-electron chi connectivity index (χ0n) is 27.4. The molecule has 1 aromatic heterocycles. The van der Waals surface area contributed by atoms with E-state index in [1.54, 1.807) is 0 Å². The minimum absolute atomic E-state index is 0.200. The van der Waals surface area contributed by atoms with Crippen molar-refractivity contribution in [2.45, 2.75) is 92.5 Å². The molecule has 1 fully saturated rings. The second-order valence-corrected chi connectivity index (χ2v) is 14.3. The molecule has 0 spiro atoms. The number of piperidine rings is 1. The van der Waals surface area contributed by atoms with Crippen molar-refractivity contribution in [3.8, 4) is 11.1 Å². The first kappa shape index (κ1) is 32.9. The predicted molar refractivity (Wildman–Crippen MR) is 170 cm³/mol. The van der Waals surface area contributed by atoms with Gasteiger partial charge in [0.2, 0.25) is 0 Å². The van der Waals surface area contributed by atoms with Gasteiger partial charge in [-0.15, -0.1) is 0 Å². The van der Waals surface area contributed by atoms with Gasteiger partial charge in [-0.05, 0) is 93.7 Å². The predicted octanol–water partition coefficient (Wildman–Crippen LogP) is 7.91. The van der Waals surface area contributed by atoms with E-state index in [2.05, 4.69) is 41.8 Å². The van der Waals surface area contributed by atoms with Gasteiger partial charge in [-0.2, -0.15) is 0 Å². The Morgan fingerprint density at radius 2 is 1.64 bits per heavy atom. The highest BCUT2D eigenvalue weighted by Crippen LogP contribution is 2.45. The molecular formula is C36H44F3N3O3. The Labute approximate surface area is 264 Å². The molecule has 2 aliphatic rings. The lowest BCUT2D eigenvalue weighted by molar-refractivity contribution is -0.160. The van der Waals surface area contributed by atoms with Crippen LogP contribution in [0.1, 0.15) is 87.2 Å². The molecular weight excluding hydrogens is 579 g/mol. The summed E-state index contributed by atoms with van der Waals surface area (Å²) in [6, 6.07) is 8.41. The number of ether oxygens (including phenoxy) is 1. The van der Waals surface area contributed by atoms with Crippen molar-refractivity contribution in [1.29, 1.82) is 0 Å². The van der Waals surface area contributed by atoms with E-state index in [1.807, 2.05) is 34.6 Å². The second kappa shape index (κ2) is 12.4. The van der Waals surface area contributed by atoms with Gasteiger partial charge >= 0.3 is 5.97 Å². The van der Waals surface area contributed by atoms with Crippen molar-refractivity contribution < 1.29 is 27.8 Å². The quantitative estimate of drug-likeness (QED) is 0.270. The molecule has 0 radical (unpaired) electrons. The molecule has 2 aromatic carbocycles. The Bertz CT molecular complexity index is 1580. The molecule has 6 nitrogen and oxygen atoms in total. The standard InChI is InChI=1S/C36H44F3N3O3/c1-21-29(25-8-9-26-20-41(13-10-24(26)18-25)19-23-16-27(37)31(39)28(38)17-23)32(42-14-11-36(6,7)12-15-42)30(22(2)40-21)33(34(43)44)45-35(3,4)5/h8-9,16-18,33H,10-15,19-20H2,1-7H3,(H,43,44)/t33-/m0/s1. The number of hydrogen-bond acceptors (Lipinski definition) is 5. The Morgan fingerprint density at radius 3 is 2.24 bits per heavy atom. The first-order valence-corrected chi connectivity index (χ1v) is 15.7. The number of carboxylic acids is 1. The van der Waals surface area contributed by atoms with E-state index in [0.717, 1.165) is 78.1 Å². The summed E-state index contributed by atoms with van der Waals surface area (Å²) in [5, 5.41) is 10.4. The minimum atomic E-state index is -1.45. The summed E-state index contributed by atoms with van der Waals surface area (Å²) >= 11 is 0. The van der Waals surface area contributed by atoms with Crippen molar-refractivity contribution in [3.63, 3.8) is 0 Å². The topological polar surface area (TPSA) is 65.9 Å². The highest BCUT2D eigenvalue weighted by Gasteiger charge is 2.36. The summed E-state index contributed by atoms with van der Waals surface area (Å²) in [6.45, 7) is 17.1. The summed E-state index contributed by atoms with van der Waals surface area (Å²) in [5.74, 6) is -4.86. The number of benzene rings is 2. The van der Waals surface area contributed by atoms with Crippen molar-refractivity contribution >= 4 is 11.7 Å². The minimum Gasteiger partial charge on any atom is -0.479 e. The van der Waals surface area contributed by atoms with Crippen LogP contribution in [-0.4, -0.2) is 46.2 Å². The van der Waals surface area contributed by atoms with Crippen LogP contribution in [0.2, 0.25) is 0 Å². The molecule has 0 unspecified atom stereocenters. The number of rotatable bonds is 7. The Morgan fingerprint density at radius 1 is 1.00 bits per heavy atom. The molecule has 9 heteroatoms. The average molecular weight is 624 g/mol. The van der Waals surface area contributed by atoms with Gasteiger partial charge in [0.1, 0.15) is 0 Å². The fraction of sp³-hybridized carbons (Fsp3) is 0.500. The summed E-state index contributed by atoms with van der Waals surface area (Å²) in [5.41, 5.74) is 7.00. The Balaban J connectivity index is 1.55. The van der Waals surface area contributed by atoms with Gasteiger partial charge in [0.15, 0.2) is 23.6 Å². The fourth-order valence-electron chi connectivity index (χ4n) is 6.61. The molecule has 1 atom stereocenters. The summed E-state index contributed by atoms with van der Waals surface area (Å²) in [7, 11) is 0. The molecule has 0 bridgehead atoms. The van der Waals surface area contributed by atoms with Crippen LogP contribution in [0.15, 0.2) is 30.3 Å². The zero-order valence-corrected chi connectivity index (χ0v) is 27.4. The fourth-order valence-corrected chi connectivity index (χ4v) is 6.61. The number of anilines is 1. The molecule has 3 aromatic rings. The molecule has 1 saturated heterocycles. The van der Waals surface area contributed by atoms with E-state index in [-0.39, 0.29) is 5.41 Å². The maximum absolute atomic E-state index is 13.8. The first-order chi connectivity index (χ1) is 21.0. The van der Waals surface area contributed by atoms with E-state index >= 15 is 0 Å². The SMILES string of the molecule is Cc1nc(C)c([C@H](OC(C)(C)C)C(=O)O)c(N2CCC(C)(C)CC2)c1-c1ccc2c(c1)CCN(Cc1cc(F)c(F)c(F)c1)C2. The lowest BCUT2D eigenvalue weighted by Gasteiger charge is -2.41. The Kier molecular flexibility index (Phi) is 9.08. The van der Waals surface area contributed by atoms with Crippen LogP contribution < -0.4 is 4.90 Å². The third-order valence-electron chi connectivity index (χ3n) is 9.01. The van der Waals surface area contributed by atoms with Gasteiger partial charge in [0.25, 0.3) is 0 Å². The van der Waals surface area contributed by atoms with Gasteiger partial charge in [-0.25, -0.2) is 18.0 Å². The molecule has 0 amide bonds. The normalized spacial score (nSPS) is 17.7. The molecule has 45 heavy (non-hydrogen) atoms. The van der Waals surface area contributed by atoms with E-state index in [0.29, 0.717) is 36.5 Å². The molecule has 2 aliphatic heterocycles. The van der Waals surface area contributed by atoms with E-state index < -0.39 is 35.1 Å². The lowest BCUT2D eigenvalue weighted by Crippen LogP contribution is -2.39. The number of halogens is 3. The molecule has 0 aliphatic carbocycles. The number of nitrogens with zero attached hydrogens (tertiary/aromatic N) is 3. The van der Waals surface area contributed by atoms with Crippen LogP contribution in [0.25, 0.3) is 11.1 Å². The number of carboxylic acid groups (broad SMARTS) is 1. The Hall–Kier alpha value is -3.43. The van der Waals surface area contributed by atoms with Crippen LogP contribution >= 0.6 is 0 Å². The van der Waals surface area contributed by atoms with Crippen molar-refractivity contribution in [2.24, 2.45) is 5.41 Å². The lowest BCUT2D eigenvalue weighted by atomic mass is 9.81. The number of carbonyl (C=O) groups is 1. The third kappa shape index (κ3) is 7.20. The largest absolute Gasteiger partial charge is 0.479 e. The molecule has 1 N–H and O–H groups in total. The van der Waals surface area contributed by atoms with Crippen LogP contribution in [0.4, 0.5) is 18.9 Å². The molecule has 3 heterocycles. The van der Waals surface area contributed by atoms with Crippen molar-refractivity contribution in [1.82, 2.24) is 9.88 Å². The van der Waals surface area contributed by atoms with Crippen LogP contribution in [0.3, 0.4) is 0 Å². The number of fused-ring (bicyclic) bond motifs is 1. The highest BCUT2D eigenvalue weighted by atomic mass is 19.2. The van der Waals surface area contributed by atoms with Crippen LogP contribution in [0, 0.1) is 36.7 Å². The van der Waals surface area contributed by atoms with Gasteiger partial charge in [0.05, 0.1) is 11.3 Å². The summed E-state index contributed by atoms with van der Waals surface area (Å²) in [6.07, 6.45) is 1.49.